The normalized spacial score (nSPS) is 19.3. The summed E-state index contributed by atoms with van der Waals surface area (Å²) in [6, 6.07) is -0.198. The molecule has 0 radical (unpaired) electrons. The van der Waals surface area contributed by atoms with Crippen LogP contribution in [0, 0.1) is 0 Å². The lowest BCUT2D eigenvalue weighted by Crippen LogP contribution is -2.30. The number of nitrogens with two attached hydrogens (primary N) is 1. The summed E-state index contributed by atoms with van der Waals surface area (Å²) in [5, 5.41) is 3.77. The Kier molecular flexibility index (Phi) is 3.17. The van der Waals surface area contributed by atoms with E-state index in [1.165, 1.54) is 20.0 Å². The molecule has 6 heteroatoms. The lowest BCUT2D eigenvalue weighted by atomic mass is 10.3. The predicted molar refractivity (Wildman–Crippen MR) is 53.5 cm³/mol. The number of methoxy groups -OCH3 is 1. The monoisotopic (exact) mass is 212 g/mol. The first-order valence-corrected chi connectivity index (χ1v) is 5.15. The number of hydrogen-bond acceptors (Lipinski definition) is 6. The van der Waals surface area contributed by atoms with Crippen LogP contribution in [0.2, 0.25) is 0 Å². The Hall–Kier alpha value is -1.14. The summed E-state index contributed by atoms with van der Waals surface area (Å²) < 4.78 is 9.62. The highest BCUT2D eigenvalue weighted by Crippen LogP contribution is 2.15. The molecule has 1 aromatic rings. The summed E-state index contributed by atoms with van der Waals surface area (Å²) in [5.74, 6) is 0.513. The molecule has 1 unspecified atom stereocenters. The second kappa shape index (κ2) is 4.59. The average molecular weight is 212 g/mol. The summed E-state index contributed by atoms with van der Waals surface area (Å²) in [7, 11) is 1.49. The third-order valence-corrected chi connectivity index (χ3v) is 2.58. The van der Waals surface area contributed by atoms with Crippen LogP contribution in [0.3, 0.4) is 0 Å². The summed E-state index contributed by atoms with van der Waals surface area (Å²) >= 11 is 0. The summed E-state index contributed by atoms with van der Waals surface area (Å²) in [4.78, 5) is 6.33. The third-order valence-electron chi connectivity index (χ3n) is 2.58. The molecule has 0 amide bonds. The Bertz CT molecular complexity index is 309. The molecule has 2 rings (SSSR count). The Morgan fingerprint density at radius 3 is 2.87 bits per heavy atom. The van der Waals surface area contributed by atoms with E-state index >= 15 is 0 Å². The number of rotatable bonds is 4. The van der Waals surface area contributed by atoms with E-state index in [-0.39, 0.29) is 12.1 Å². The lowest BCUT2D eigenvalue weighted by Gasteiger charge is -2.17. The molecule has 1 fully saturated rings. The van der Waals surface area contributed by atoms with Crippen molar-refractivity contribution in [2.75, 3.05) is 26.7 Å². The highest BCUT2D eigenvalue weighted by molar-refractivity contribution is 4.96. The van der Waals surface area contributed by atoms with Crippen LogP contribution < -0.4 is 10.5 Å². The van der Waals surface area contributed by atoms with E-state index in [9.17, 15) is 0 Å². The maximum absolute atomic E-state index is 5.96. The van der Waals surface area contributed by atoms with Crippen LogP contribution >= 0.6 is 0 Å². The zero-order valence-corrected chi connectivity index (χ0v) is 8.85. The van der Waals surface area contributed by atoms with Gasteiger partial charge in [-0.3, -0.25) is 4.52 Å². The Balaban J connectivity index is 1.91. The first-order chi connectivity index (χ1) is 7.29. The van der Waals surface area contributed by atoms with Gasteiger partial charge in [0.15, 0.2) is 5.82 Å². The second-order valence-corrected chi connectivity index (χ2v) is 3.74. The first kappa shape index (κ1) is 10.4. The molecule has 2 heterocycles. The Morgan fingerprint density at radius 2 is 2.27 bits per heavy atom. The number of ether oxygens (including phenoxy) is 1. The van der Waals surface area contributed by atoms with E-state index in [1.807, 2.05) is 0 Å². The molecular formula is C9H16N4O2. The van der Waals surface area contributed by atoms with E-state index < -0.39 is 0 Å². The maximum atomic E-state index is 5.96. The molecule has 1 saturated heterocycles. The number of nitrogens with zero attached hydrogens (tertiary/aromatic N) is 3. The van der Waals surface area contributed by atoms with Crippen LogP contribution in [0.5, 0.6) is 6.08 Å². The van der Waals surface area contributed by atoms with Crippen molar-refractivity contribution in [2.45, 2.75) is 18.9 Å². The molecule has 0 aliphatic carbocycles. The molecular weight excluding hydrogens is 196 g/mol. The highest BCUT2D eigenvalue weighted by Gasteiger charge is 2.20. The quantitative estimate of drug-likeness (QED) is 0.766. The van der Waals surface area contributed by atoms with Crippen LogP contribution in [-0.2, 0) is 0 Å². The van der Waals surface area contributed by atoms with Crippen LogP contribution in [0.4, 0.5) is 0 Å². The van der Waals surface area contributed by atoms with Gasteiger partial charge in [0.1, 0.15) is 0 Å². The fraction of sp³-hybridized carbons (Fsp3) is 0.778. The van der Waals surface area contributed by atoms with Crippen molar-refractivity contribution in [1.29, 1.82) is 0 Å². The van der Waals surface area contributed by atoms with E-state index in [4.69, 9.17) is 15.0 Å². The van der Waals surface area contributed by atoms with Crippen molar-refractivity contribution in [1.82, 2.24) is 15.0 Å². The fourth-order valence-corrected chi connectivity index (χ4v) is 1.78. The molecule has 1 aromatic heterocycles. The minimum Gasteiger partial charge on any atom is -0.452 e. The summed E-state index contributed by atoms with van der Waals surface area (Å²) in [6.07, 6.45) is 2.67. The van der Waals surface area contributed by atoms with Gasteiger partial charge in [-0.2, -0.15) is 4.98 Å². The van der Waals surface area contributed by atoms with Gasteiger partial charge in [0, 0.05) is 6.54 Å². The number of aromatic nitrogens is 2. The molecule has 1 aliphatic rings. The van der Waals surface area contributed by atoms with Crippen LogP contribution in [0.25, 0.3) is 0 Å². The summed E-state index contributed by atoms with van der Waals surface area (Å²) in [5.41, 5.74) is 5.96. The molecule has 6 nitrogen and oxygen atoms in total. The van der Waals surface area contributed by atoms with Crippen LogP contribution in [0.15, 0.2) is 4.52 Å². The predicted octanol–water partition coefficient (Wildman–Crippen LogP) is 0.174. The topological polar surface area (TPSA) is 77.4 Å². The van der Waals surface area contributed by atoms with Crippen molar-refractivity contribution in [3.8, 4) is 6.08 Å². The van der Waals surface area contributed by atoms with Gasteiger partial charge in [0.05, 0.1) is 13.2 Å². The van der Waals surface area contributed by atoms with Crippen molar-refractivity contribution in [3.05, 3.63) is 5.82 Å². The molecule has 2 N–H and O–H groups in total. The number of hydrogen-bond donors (Lipinski definition) is 1. The largest absolute Gasteiger partial charge is 0.452 e. The smallest absolute Gasteiger partial charge is 0.417 e. The molecule has 0 bridgehead atoms. The zero-order chi connectivity index (χ0) is 10.7. The van der Waals surface area contributed by atoms with Crippen molar-refractivity contribution >= 4 is 0 Å². The highest BCUT2D eigenvalue weighted by atomic mass is 16.6. The van der Waals surface area contributed by atoms with Gasteiger partial charge in [-0.05, 0) is 25.9 Å². The minimum absolute atomic E-state index is 0.168. The molecule has 1 atom stereocenters. The van der Waals surface area contributed by atoms with E-state index in [1.54, 1.807) is 0 Å². The maximum Gasteiger partial charge on any atom is 0.417 e. The SMILES string of the molecule is COc1nc(C(N)CN2CCCC2)no1. The minimum atomic E-state index is -0.198. The van der Waals surface area contributed by atoms with Crippen LogP contribution in [-0.4, -0.2) is 41.8 Å². The molecule has 1 aliphatic heterocycles. The zero-order valence-electron chi connectivity index (χ0n) is 8.85. The van der Waals surface area contributed by atoms with Gasteiger partial charge in [-0.25, -0.2) is 0 Å². The van der Waals surface area contributed by atoms with Crippen molar-refractivity contribution < 1.29 is 9.26 Å². The first-order valence-electron chi connectivity index (χ1n) is 5.15. The summed E-state index contributed by atoms with van der Waals surface area (Å²) in [6.45, 7) is 3.01. The average Bonchev–Trinajstić information content (AvgIpc) is 2.86. The standard InChI is InChI=1S/C9H16N4O2/c1-14-9-11-8(12-15-9)7(10)6-13-4-2-3-5-13/h7H,2-6,10H2,1H3. The van der Waals surface area contributed by atoms with Gasteiger partial charge in [0.2, 0.25) is 0 Å². The second-order valence-electron chi connectivity index (χ2n) is 3.74. The molecule has 0 spiro atoms. The molecule has 0 saturated carbocycles. The third kappa shape index (κ3) is 2.45. The fourth-order valence-electron chi connectivity index (χ4n) is 1.78. The van der Waals surface area contributed by atoms with Gasteiger partial charge in [0.25, 0.3) is 0 Å². The van der Waals surface area contributed by atoms with E-state index in [2.05, 4.69) is 15.0 Å². The van der Waals surface area contributed by atoms with Gasteiger partial charge >= 0.3 is 6.08 Å². The lowest BCUT2D eigenvalue weighted by molar-refractivity contribution is 0.248. The van der Waals surface area contributed by atoms with E-state index in [0.717, 1.165) is 19.6 Å². The van der Waals surface area contributed by atoms with E-state index in [0.29, 0.717) is 5.82 Å². The Morgan fingerprint density at radius 1 is 1.53 bits per heavy atom. The van der Waals surface area contributed by atoms with Crippen molar-refractivity contribution in [3.63, 3.8) is 0 Å². The van der Waals surface area contributed by atoms with Crippen molar-refractivity contribution in [2.24, 2.45) is 5.73 Å². The van der Waals surface area contributed by atoms with Gasteiger partial charge < -0.3 is 15.4 Å². The van der Waals surface area contributed by atoms with Crippen LogP contribution in [0.1, 0.15) is 24.7 Å². The molecule has 84 valence electrons. The van der Waals surface area contributed by atoms with Gasteiger partial charge in [-0.15, -0.1) is 0 Å². The number of likely N-dealkylation sites (tertiary alicyclic amines) is 1. The Labute approximate surface area is 88.4 Å². The molecule has 15 heavy (non-hydrogen) atoms. The molecule has 0 aromatic carbocycles. The van der Waals surface area contributed by atoms with Gasteiger partial charge in [-0.1, -0.05) is 5.16 Å².